The van der Waals surface area contributed by atoms with Gasteiger partial charge in [0, 0.05) is 25.7 Å². The molecular formula is C14H28N2O. The standard InChI is InChI=1S/C14H28N2O/c1-3-16(10-13-6-4-5-9-15-13)14(11-17-2)12-7-8-12/h12-15H,3-11H2,1-2H3. The maximum Gasteiger partial charge on any atom is 0.0620 e. The minimum Gasteiger partial charge on any atom is -0.383 e. The summed E-state index contributed by atoms with van der Waals surface area (Å²) >= 11 is 0. The Morgan fingerprint density at radius 1 is 1.29 bits per heavy atom. The maximum absolute atomic E-state index is 5.42. The molecular weight excluding hydrogens is 212 g/mol. The molecule has 2 aliphatic rings. The average Bonchev–Trinajstić information content (AvgIpc) is 3.19. The molecule has 0 spiro atoms. The van der Waals surface area contributed by atoms with Crippen LogP contribution < -0.4 is 5.32 Å². The van der Waals surface area contributed by atoms with E-state index < -0.39 is 0 Å². The van der Waals surface area contributed by atoms with Crippen molar-refractivity contribution in [3.8, 4) is 0 Å². The average molecular weight is 240 g/mol. The summed E-state index contributed by atoms with van der Waals surface area (Å²) in [7, 11) is 1.84. The van der Waals surface area contributed by atoms with Gasteiger partial charge in [-0.1, -0.05) is 13.3 Å². The van der Waals surface area contributed by atoms with Crippen LogP contribution in [0.25, 0.3) is 0 Å². The smallest absolute Gasteiger partial charge is 0.0620 e. The summed E-state index contributed by atoms with van der Waals surface area (Å²) < 4.78 is 5.42. The van der Waals surface area contributed by atoms with E-state index in [0.29, 0.717) is 12.1 Å². The fourth-order valence-corrected chi connectivity index (χ4v) is 3.05. The highest BCUT2D eigenvalue weighted by Crippen LogP contribution is 2.35. The molecule has 0 aromatic heterocycles. The highest BCUT2D eigenvalue weighted by Gasteiger charge is 2.35. The number of hydrogen-bond acceptors (Lipinski definition) is 3. The molecule has 1 aliphatic carbocycles. The molecule has 1 saturated heterocycles. The number of ether oxygens (including phenoxy) is 1. The minimum absolute atomic E-state index is 0.661. The number of hydrogen-bond donors (Lipinski definition) is 1. The van der Waals surface area contributed by atoms with Crippen LogP contribution in [-0.2, 0) is 4.74 Å². The fraction of sp³-hybridized carbons (Fsp3) is 1.00. The molecule has 0 aromatic rings. The first-order valence-electron chi connectivity index (χ1n) is 7.31. The van der Waals surface area contributed by atoms with Crippen molar-refractivity contribution < 1.29 is 4.74 Å². The van der Waals surface area contributed by atoms with E-state index in [1.165, 1.54) is 45.2 Å². The molecule has 1 N–H and O–H groups in total. The van der Waals surface area contributed by atoms with Crippen molar-refractivity contribution in [3.05, 3.63) is 0 Å². The number of nitrogens with one attached hydrogen (secondary N) is 1. The summed E-state index contributed by atoms with van der Waals surface area (Å²) in [5.74, 6) is 0.901. The van der Waals surface area contributed by atoms with E-state index in [2.05, 4.69) is 17.1 Å². The van der Waals surface area contributed by atoms with Gasteiger partial charge in [-0.2, -0.15) is 0 Å². The molecule has 3 nitrogen and oxygen atoms in total. The third-order valence-corrected chi connectivity index (χ3v) is 4.25. The Bertz CT molecular complexity index is 212. The maximum atomic E-state index is 5.42. The summed E-state index contributed by atoms with van der Waals surface area (Å²) in [6, 6.07) is 1.37. The van der Waals surface area contributed by atoms with Crippen LogP contribution in [-0.4, -0.2) is 50.3 Å². The molecule has 1 saturated carbocycles. The monoisotopic (exact) mass is 240 g/mol. The summed E-state index contributed by atoms with van der Waals surface area (Å²) in [6.07, 6.45) is 6.91. The van der Waals surface area contributed by atoms with Gasteiger partial charge >= 0.3 is 0 Å². The second-order valence-electron chi connectivity index (χ2n) is 5.59. The first kappa shape index (κ1) is 13.3. The lowest BCUT2D eigenvalue weighted by molar-refractivity contribution is 0.0719. The fourth-order valence-electron chi connectivity index (χ4n) is 3.05. The van der Waals surface area contributed by atoms with Crippen LogP contribution in [0.2, 0.25) is 0 Å². The third kappa shape index (κ3) is 3.94. The Morgan fingerprint density at radius 3 is 2.65 bits per heavy atom. The van der Waals surface area contributed by atoms with Crippen molar-refractivity contribution in [1.82, 2.24) is 10.2 Å². The SMILES string of the molecule is CCN(CC1CCCCN1)C(COC)C1CC1. The van der Waals surface area contributed by atoms with Crippen LogP contribution in [0.15, 0.2) is 0 Å². The van der Waals surface area contributed by atoms with Gasteiger partial charge in [-0.15, -0.1) is 0 Å². The van der Waals surface area contributed by atoms with Crippen molar-refractivity contribution in [3.63, 3.8) is 0 Å². The molecule has 17 heavy (non-hydrogen) atoms. The molecule has 1 aliphatic heterocycles. The number of methoxy groups -OCH3 is 1. The van der Waals surface area contributed by atoms with Gasteiger partial charge in [-0.3, -0.25) is 4.90 Å². The summed E-state index contributed by atoms with van der Waals surface area (Å²) in [6.45, 7) is 6.77. The number of nitrogens with zero attached hydrogens (tertiary/aromatic N) is 1. The largest absolute Gasteiger partial charge is 0.383 e. The Balaban J connectivity index is 1.84. The van der Waals surface area contributed by atoms with E-state index in [4.69, 9.17) is 4.74 Å². The van der Waals surface area contributed by atoms with Crippen LogP contribution in [0.4, 0.5) is 0 Å². The van der Waals surface area contributed by atoms with Crippen LogP contribution >= 0.6 is 0 Å². The summed E-state index contributed by atoms with van der Waals surface area (Å²) in [4.78, 5) is 2.64. The predicted octanol–water partition coefficient (Wildman–Crippen LogP) is 1.88. The molecule has 2 unspecified atom stereocenters. The zero-order chi connectivity index (χ0) is 12.1. The van der Waals surface area contributed by atoms with Crippen molar-refractivity contribution in [2.75, 3.05) is 33.4 Å². The molecule has 0 aromatic carbocycles. The number of likely N-dealkylation sites (N-methyl/N-ethyl adjacent to an activating group) is 1. The lowest BCUT2D eigenvalue weighted by Crippen LogP contribution is -2.49. The van der Waals surface area contributed by atoms with Gasteiger partial charge in [0.25, 0.3) is 0 Å². The lowest BCUT2D eigenvalue weighted by Gasteiger charge is -2.35. The molecule has 2 rings (SSSR count). The Morgan fingerprint density at radius 2 is 2.12 bits per heavy atom. The Labute approximate surface area is 106 Å². The quantitative estimate of drug-likeness (QED) is 0.735. The molecule has 0 radical (unpaired) electrons. The van der Waals surface area contributed by atoms with E-state index in [1.54, 1.807) is 0 Å². The van der Waals surface area contributed by atoms with Crippen LogP contribution in [0.1, 0.15) is 39.0 Å². The third-order valence-electron chi connectivity index (χ3n) is 4.25. The van der Waals surface area contributed by atoms with Gasteiger partial charge < -0.3 is 10.1 Å². The van der Waals surface area contributed by atoms with Crippen molar-refractivity contribution in [1.29, 1.82) is 0 Å². The minimum atomic E-state index is 0.661. The second-order valence-corrected chi connectivity index (χ2v) is 5.59. The first-order valence-corrected chi connectivity index (χ1v) is 7.31. The van der Waals surface area contributed by atoms with Gasteiger partial charge in [0.15, 0.2) is 0 Å². The second kappa shape index (κ2) is 6.72. The van der Waals surface area contributed by atoms with Crippen LogP contribution in [0.3, 0.4) is 0 Å². The highest BCUT2D eigenvalue weighted by atomic mass is 16.5. The number of rotatable bonds is 7. The van der Waals surface area contributed by atoms with Gasteiger partial charge in [0.2, 0.25) is 0 Å². The van der Waals surface area contributed by atoms with Crippen LogP contribution in [0.5, 0.6) is 0 Å². The molecule has 2 atom stereocenters. The topological polar surface area (TPSA) is 24.5 Å². The van der Waals surface area contributed by atoms with E-state index in [-0.39, 0.29) is 0 Å². The molecule has 0 amide bonds. The highest BCUT2D eigenvalue weighted by molar-refractivity contribution is 4.89. The van der Waals surface area contributed by atoms with E-state index >= 15 is 0 Å². The van der Waals surface area contributed by atoms with Gasteiger partial charge in [0.1, 0.15) is 0 Å². The zero-order valence-corrected chi connectivity index (χ0v) is 11.5. The number of piperidine rings is 1. The van der Waals surface area contributed by atoms with Gasteiger partial charge in [0.05, 0.1) is 6.61 Å². The van der Waals surface area contributed by atoms with Crippen LogP contribution in [0, 0.1) is 5.92 Å². The lowest BCUT2D eigenvalue weighted by atomic mass is 10.0. The molecule has 0 bridgehead atoms. The van der Waals surface area contributed by atoms with E-state index in [9.17, 15) is 0 Å². The zero-order valence-electron chi connectivity index (χ0n) is 11.5. The van der Waals surface area contributed by atoms with Crippen molar-refractivity contribution >= 4 is 0 Å². The summed E-state index contributed by atoms with van der Waals surface area (Å²) in [5.41, 5.74) is 0. The van der Waals surface area contributed by atoms with E-state index in [0.717, 1.165) is 19.1 Å². The molecule has 2 fully saturated rings. The van der Waals surface area contributed by atoms with Crippen molar-refractivity contribution in [2.24, 2.45) is 5.92 Å². The molecule has 1 heterocycles. The van der Waals surface area contributed by atoms with Crippen molar-refractivity contribution in [2.45, 2.75) is 51.1 Å². The Hall–Kier alpha value is -0.120. The molecule has 100 valence electrons. The van der Waals surface area contributed by atoms with Gasteiger partial charge in [-0.05, 0) is 44.7 Å². The predicted molar refractivity (Wildman–Crippen MR) is 71.3 cm³/mol. The normalized spacial score (nSPS) is 27.4. The summed E-state index contributed by atoms with van der Waals surface area (Å²) in [5, 5.41) is 3.66. The van der Waals surface area contributed by atoms with E-state index in [1.807, 2.05) is 7.11 Å². The molecule has 3 heteroatoms. The Kier molecular flexibility index (Phi) is 5.26. The first-order chi connectivity index (χ1) is 8.35. The van der Waals surface area contributed by atoms with Gasteiger partial charge in [-0.25, -0.2) is 0 Å².